The molecule has 1 aliphatic carbocycles. The molecule has 0 unspecified atom stereocenters. The first-order chi connectivity index (χ1) is 9.74. The van der Waals surface area contributed by atoms with Gasteiger partial charge in [0.1, 0.15) is 13.2 Å². The van der Waals surface area contributed by atoms with Crippen LogP contribution in [0, 0.1) is 12.8 Å². The second kappa shape index (κ2) is 5.73. The second-order valence-electron chi connectivity index (χ2n) is 5.63. The number of rotatable bonds is 2. The lowest BCUT2D eigenvalue weighted by atomic mass is 9.88. The molecule has 4 nitrogen and oxygen atoms in total. The summed E-state index contributed by atoms with van der Waals surface area (Å²) in [5, 5.41) is 3.06. The molecule has 108 valence electrons. The molecular formula is C16H21NO3. The Hall–Kier alpha value is -1.71. The van der Waals surface area contributed by atoms with E-state index in [1.165, 1.54) is 6.42 Å². The Morgan fingerprint density at radius 1 is 1.10 bits per heavy atom. The summed E-state index contributed by atoms with van der Waals surface area (Å²) in [5.41, 5.74) is 1.85. The van der Waals surface area contributed by atoms with E-state index in [2.05, 4.69) is 5.32 Å². The van der Waals surface area contributed by atoms with Gasteiger partial charge in [0.05, 0.1) is 0 Å². The minimum atomic E-state index is 0.143. The van der Waals surface area contributed by atoms with Crippen LogP contribution < -0.4 is 14.8 Å². The molecule has 0 spiro atoms. The number of fused-ring (bicyclic) bond motifs is 1. The van der Waals surface area contributed by atoms with Crippen LogP contribution >= 0.6 is 0 Å². The summed E-state index contributed by atoms with van der Waals surface area (Å²) >= 11 is 0. The quantitative estimate of drug-likeness (QED) is 0.901. The molecule has 2 aliphatic rings. The highest BCUT2D eigenvalue weighted by molar-refractivity contribution is 5.93. The molecule has 1 heterocycles. The maximum absolute atomic E-state index is 12.3. The Labute approximate surface area is 119 Å². The van der Waals surface area contributed by atoms with Gasteiger partial charge in [-0.3, -0.25) is 4.79 Å². The van der Waals surface area contributed by atoms with Gasteiger partial charge in [0, 0.05) is 17.7 Å². The van der Waals surface area contributed by atoms with Gasteiger partial charge in [0.15, 0.2) is 11.5 Å². The largest absolute Gasteiger partial charge is 0.486 e. The van der Waals surface area contributed by atoms with Gasteiger partial charge < -0.3 is 14.8 Å². The van der Waals surface area contributed by atoms with Crippen molar-refractivity contribution in [1.82, 2.24) is 0 Å². The van der Waals surface area contributed by atoms with Crippen LogP contribution in [0.5, 0.6) is 11.5 Å². The van der Waals surface area contributed by atoms with Crippen LogP contribution in [0.15, 0.2) is 12.1 Å². The Morgan fingerprint density at radius 3 is 2.45 bits per heavy atom. The van der Waals surface area contributed by atoms with Gasteiger partial charge in [-0.2, -0.15) is 0 Å². The third-order valence-electron chi connectivity index (χ3n) is 4.12. The summed E-state index contributed by atoms with van der Waals surface area (Å²) < 4.78 is 11.1. The topological polar surface area (TPSA) is 47.6 Å². The molecule has 0 bridgehead atoms. The standard InChI is InChI=1S/C16H21NO3/c1-11-9-14-15(20-8-7-19-14)10-13(11)17-16(18)12-5-3-2-4-6-12/h9-10,12H,2-8H2,1H3,(H,17,18). The number of hydrogen-bond donors (Lipinski definition) is 1. The van der Waals surface area contributed by atoms with E-state index in [9.17, 15) is 4.79 Å². The summed E-state index contributed by atoms with van der Waals surface area (Å²) in [7, 11) is 0. The fraction of sp³-hybridized carbons (Fsp3) is 0.562. The highest BCUT2D eigenvalue weighted by Gasteiger charge is 2.22. The molecule has 1 aromatic carbocycles. The average Bonchev–Trinajstić information content (AvgIpc) is 2.49. The van der Waals surface area contributed by atoms with Crippen LogP contribution in [0.1, 0.15) is 37.7 Å². The molecule has 3 rings (SSSR count). The fourth-order valence-electron chi connectivity index (χ4n) is 2.92. The smallest absolute Gasteiger partial charge is 0.227 e. The maximum Gasteiger partial charge on any atom is 0.227 e. The van der Waals surface area contributed by atoms with Crippen LogP contribution in [0.25, 0.3) is 0 Å². The number of ether oxygens (including phenoxy) is 2. The van der Waals surface area contributed by atoms with Crippen molar-refractivity contribution in [2.24, 2.45) is 5.92 Å². The minimum Gasteiger partial charge on any atom is -0.486 e. The molecule has 1 aromatic rings. The zero-order valence-corrected chi connectivity index (χ0v) is 11.9. The highest BCUT2D eigenvalue weighted by Crippen LogP contribution is 2.35. The van der Waals surface area contributed by atoms with Crippen LogP contribution in [0.3, 0.4) is 0 Å². The van der Waals surface area contributed by atoms with Crippen molar-refractivity contribution in [3.05, 3.63) is 17.7 Å². The number of carbonyl (C=O) groups is 1. The van der Waals surface area contributed by atoms with Gasteiger partial charge in [-0.15, -0.1) is 0 Å². The minimum absolute atomic E-state index is 0.143. The summed E-state index contributed by atoms with van der Waals surface area (Å²) in [6.07, 6.45) is 5.61. The zero-order chi connectivity index (χ0) is 13.9. The Morgan fingerprint density at radius 2 is 1.75 bits per heavy atom. The lowest BCUT2D eigenvalue weighted by molar-refractivity contribution is -0.120. The van der Waals surface area contributed by atoms with Crippen LogP contribution in [0.4, 0.5) is 5.69 Å². The monoisotopic (exact) mass is 275 g/mol. The number of anilines is 1. The lowest BCUT2D eigenvalue weighted by Gasteiger charge is -2.23. The van der Waals surface area contributed by atoms with Crippen molar-refractivity contribution in [2.75, 3.05) is 18.5 Å². The number of aryl methyl sites for hydroxylation is 1. The number of hydrogen-bond acceptors (Lipinski definition) is 3. The van der Waals surface area contributed by atoms with Crippen LogP contribution in [0.2, 0.25) is 0 Å². The summed E-state index contributed by atoms with van der Waals surface area (Å²) in [6, 6.07) is 3.82. The molecule has 1 amide bonds. The molecule has 1 aliphatic heterocycles. The van der Waals surface area contributed by atoms with Crippen LogP contribution in [-0.4, -0.2) is 19.1 Å². The third-order valence-corrected chi connectivity index (χ3v) is 4.12. The molecule has 20 heavy (non-hydrogen) atoms. The second-order valence-corrected chi connectivity index (χ2v) is 5.63. The molecule has 0 aromatic heterocycles. The predicted molar refractivity (Wildman–Crippen MR) is 77.4 cm³/mol. The molecule has 1 saturated carbocycles. The molecule has 1 fully saturated rings. The normalized spacial score (nSPS) is 18.6. The van der Waals surface area contributed by atoms with Crippen molar-refractivity contribution in [2.45, 2.75) is 39.0 Å². The molecule has 0 saturated heterocycles. The zero-order valence-electron chi connectivity index (χ0n) is 11.9. The van der Waals surface area contributed by atoms with Gasteiger partial charge in [0.25, 0.3) is 0 Å². The number of amides is 1. The summed E-state index contributed by atoms with van der Waals surface area (Å²) in [5.74, 6) is 1.80. The number of carbonyl (C=O) groups excluding carboxylic acids is 1. The molecule has 1 N–H and O–H groups in total. The van der Waals surface area contributed by atoms with Crippen molar-refractivity contribution in [3.8, 4) is 11.5 Å². The van der Waals surface area contributed by atoms with Crippen molar-refractivity contribution in [1.29, 1.82) is 0 Å². The summed E-state index contributed by atoms with van der Waals surface area (Å²) in [4.78, 5) is 12.3. The van der Waals surface area contributed by atoms with E-state index in [0.717, 1.165) is 48.4 Å². The average molecular weight is 275 g/mol. The van der Waals surface area contributed by atoms with E-state index in [1.807, 2.05) is 19.1 Å². The molecule has 4 heteroatoms. The van der Waals surface area contributed by atoms with E-state index in [0.29, 0.717) is 13.2 Å². The van der Waals surface area contributed by atoms with Crippen molar-refractivity contribution < 1.29 is 14.3 Å². The molecule has 0 atom stereocenters. The Kier molecular flexibility index (Phi) is 3.81. The van der Waals surface area contributed by atoms with Gasteiger partial charge in [0.2, 0.25) is 5.91 Å². The van der Waals surface area contributed by atoms with E-state index in [4.69, 9.17) is 9.47 Å². The number of benzene rings is 1. The van der Waals surface area contributed by atoms with E-state index in [1.54, 1.807) is 0 Å². The first kappa shape index (κ1) is 13.3. The van der Waals surface area contributed by atoms with Gasteiger partial charge >= 0.3 is 0 Å². The third kappa shape index (κ3) is 2.74. The lowest BCUT2D eigenvalue weighted by Crippen LogP contribution is -2.25. The Bertz CT molecular complexity index is 507. The molecule has 0 radical (unpaired) electrons. The van der Waals surface area contributed by atoms with Crippen molar-refractivity contribution in [3.63, 3.8) is 0 Å². The Balaban J connectivity index is 1.74. The maximum atomic E-state index is 12.3. The first-order valence-electron chi connectivity index (χ1n) is 7.45. The van der Waals surface area contributed by atoms with Gasteiger partial charge in [-0.25, -0.2) is 0 Å². The first-order valence-corrected chi connectivity index (χ1v) is 7.45. The SMILES string of the molecule is Cc1cc2c(cc1NC(=O)C1CCCCC1)OCCO2. The van der Waals surface area contributed by atoms with Crippen LogP contribution in [-0.2, 0) is 4.79 Å². The fourth-order valence-corrected chi connectivity index (χ4v) is 2.92. The van der Waals surface area contributed by atoms with Gasteiger partial charge in [-0.05, 0) is 31.4 Å². The van der Waals surface area contributed by atoms with E-state index >= 15 is 0 Å². The van der Waals surface area contributed by atoms with E-state index < -0.39 is 0 Å². The predicted octanol–water partition coefficient (Wildman–Crippen LogP) is 3.29. The number of nitrogens with one attached hydrogen (secondary N) is 1. The highest BCUT2D eigenvalue weighted by atomic mass is 16.6. The van der Waals surface area contributed by atoms with Gasteiger partial charge in [-0.1, -0.05) is 19.3 Å². The summed E-state index contributed by atoms with van der Waals surface area (Å²) in [6.45, 7) is 3.13. The van der Waals surface area contributed by atoms with Crippen molar-refractivity contribution >= 4 is 11.6 Å². The van der Waals surface area contributed by atoms with E-state index in [-0.39, 0.29) is 11.8 Å². The molecular weight excluding hydrogens is 254 g/mol.